The quantitative estimate of drug-likeness (QED) is 0.584. The number of fused-ring (bicyclic) bond motifs is 1. The highest BCUT2D eigenvalue weighted by Gasteiger charge is 2.11. The van der Waals surface area contributed by atoms with E-state index in [1.54, 1.807) is 22.2 Å². The molecule has 0 unspecified atom stereocenters. The Kier molecular flexibility index (Phi) is 4.81. The molecule has 0 aliphatic rings. The first-order valence-corrected chi connectivity index (χ1v) is 9.23. The molecule has 28 heavy (non-hydrogen) atoms. The molecule has 4 aromatic rings. The highest BCUT2D eigenvalue weighted by molar-refractivity contribution is 5.95. The molecule has 0 aliphatic heterocycles. The maximum atomic E-state index is 12.6. The van der Waals surface area contributed by atoms with E-state index in [1.807, 2.05) is 72.8 Å². The van der Waals surface area contributed by atoms with Gasteiger partial charge in [-0.15, -0.1) is 0 Å². The van der Waals surface area contributed by atoms with Crippen LogP contribution in [0.4, 0.5) is 0 Å². The van der Waals surface area contributed by atoms with E-state index in [2.05, 4.69) is 5.32 Å². The van der Waals surface area contributed by atoms with E-state index in [4.69, 9.17) is 0 Å². The third kappa shape index (κ3) is 3.34. The Morgan fingerprint density at radius 3 is 2.32 bits per heavy atom. The number of hydrogen-bond acceptors (Lipinski definition) is 2. The van der Waals surface area contributed by atoms with Crippen LogP contribution in [0.3, 0.4) is 0 Å². The van der Waals surface area contributed by atoms with Crippen LogP contribution in [-0.2, 0) is 13.6 Å². The minimum Gasteiger partial charge on any atom is -0.350 e. The van der Waals surface area contributed by atoms with Gasteiger partial charge in [-0.3, -0.25) is 13.9 Å². The lowest BCUT2D eigenvalue weighted by atomic mass is 10.0. The predicted octanol–water partition coefficient (Wildman–Crippen LogP) is 3.44. The molecular formula is C23H21N3O2. The molecule has 5 heteroatoms. The zero-order valence-electron chi connectivity index (χ0n) is 15.6. The second kappa shape index (κ2) is 7.56. The fourth-order valence-corrected chi connectivity index (χ4v) is 3.43. The summed E-state index contributed by atoms with van der Waals surface area (Å²) in [5.41, 5.74) is 4.34. The fourth-order valence-electron chi connectivity index (χ4n) is 3.43. The summed E-state index contributed by atoms with van der Waals surface area (Å²) in [4.78, 5) is 25.0. The van der Waals surface area contributed by atoms with Crippen LogP contribution < -0.4 is 11.0 Å². The van der Waals surface area contributed by atoms with Crippen molar-refractivity contribution in [2.75, 3.05) is 6.54 Å². The number of para-hydroxylation sites is 2. The van der Waals surface area contributed by atoms with Crippen LogP contribution in [0.1, 0.15) is 10.4 Å². The Bertz CT molecular complexity index is 1190. The summed E-state index contributed by atoms with van der Waals surface area (Å²) in [6, 6.07) is 25.2. The number of carbonyl (C=O) groups is 1. The Labute approximate surface area is 162 Å². The van der Waals surface area contributed by atoms with Gasteiger partial charge in [-0.2, -0.15) is 0 Å². The first kappa shape index (κ1) is 17.8. The normalized spacial score (nSPS) is 10.9. The molecule has 0 atom stereocenters. The van der Waals surface area contributed by atoms with Crippen molar-refractivity contribution in [1.29, 1.82) is 0 Å². The van der Waals surface area contributed by atoms with Crippen LogP contribution in [0.2, 0.25) is 0 Å². The van der Waals surface area contributed by atoms with E-state index in [1.165, 1.54) is 0 Å². The minimum absolute atomic E-state index is 0.0819. The zero-order valence-corrected chi connectivity index (χ0v) is 15.6. The number of benzene rings is 3. The summed E-state index contributed by atoms with van der Waals surface area (Å²) in [6.07, 6.45) is 0. The van der Waals surface area contributed by atoms with Gasteiger partial charge in [-0.1, -0.05) is 54.6 Å². The maximum absolute atomic E-state index is 12.6. The summed E-state index contributed by atoms with van der Waals surface area (Å²) < 4.78 is 3.32. The highest BCUT2D eigenvalue weighted by atomic mass is 16.2. The van der Waals surface area contributed by atoms with Crippen LogP contribution in [0.25, 0.3) is 22.2 Å². The number of imidazole rings is 1. The molecule has 140 valence electrons. The number of nitrogens with one attached hydrogen (secondary N) is 1. The molecule has 0 bridgehead atoms. The molecule has 3 aromatic carbocycles. The van der Waals surface area contributed by atoms with Gasteiger partial charge < -0.3 is 5.32 Å². The van der Waals surface area contributed by atoms with Crippen molar-refractivity contribution < 1.29 is 4.79 Å². The first-order chi connectivity index (χ1) is 13.6. The van der Waals surface area contributed by atoms with Crippen molar-refractivity contribution in [2.45, 2.75) is 6.54 Å². The molecule has 1 amide bonds. The lowest BCUT2D eigenvalue weighted by Crippen LogP contribution is -2.31. The summed E-state index contributed by atoms with van der Waals surface area (Å²) in [7, 11) is 1.76. The molecule has 0 aliphatic carbocycles. The van der Waals surface area contributed by atoms with Crippen molar-refractivity contribution in [3.63, 3.8) is 0 Å². The van der Waals surface area contributed by atoms with Crippen molar-refractivity contribution in [1.82, 2.24) is 14.5 Å². The summed E-state index contributed by atoms with van der Waals surface area (Å²) >= 11 is 0. The second-order valence-electron chi connectivity index (χ2n) is 6.68. The van der Waals surface area contributed by atoms with Crippen LogP contribution >= 0.6 is 0 Å². The second-order valence-corrected chi connectivity index (χ2v) is 6.68. The van der Waals surface area contributed by atoms with E-state index in [0.717, 1.165) is 22.2 Å². The lowest BCUT2D eigenvalue weighted by molar-refractivity contribution is 0.0952. The highest BCUT2D eigenvalue weighted by Crippen LogP contribution is 2.20. The van der Waals surface area contributed by atoms with Gasteiger partial charge in [0.25, 0.3) is 5.91 Å². The number of hydrogen-bond donors (Lipinski definition) is 1. The number of carbonyl (C=O) groups excluding carboxylic acids is 1. The molecule has 0 fully saturated rings. The summed E-state index contributed by atoms with van der Waals surface area (Å²) in [5, 5.41) is 2.92. The van der Waals surface area contributed by atoms with Gasteiger partial charge in [0.15, 0.2) is 0 Å². The fraction of sp³-hybridized carbons (Fsp3) is 0.130. The van der Waals surface area contributed by atoms with E-state index in [9.17, 15) is 9.59 Å². The van der Waals surface area contributed by atoms with Crippen LogP contribution in [0.15, 0.2) is 83.7 Å². The number of amides is 1. The Morgan fingerprint density at radius 1 is 0.857 bits per heavy atom. The van der Waals surface area contributed by atoms with E-state index >= 15 is 0 Å². The van der Waals surface area contributed by atoms with Crippen LogP contribution in [-0.4, -0.2) is 21.6 Å². The molecule has 0 saturated heterocycles. The number of nitrogens with zero attached hydrogens (tertiary/aromatic N) is 2. The molecule has 0 spiro atoms. The van der Waals surface area contributed by atoms with Gasteiger partial charge in [-0.05, 0) is 35.4 Å². The summed E-state index contributed by atoms with van der Waals surface area (Å²) in [5.74, 6) is -0.147. The van der Waals surface area contributed by atoms with Gasteiger partial charge in [0.2, 0.25) is 0 Å². The third-order valence-electron chi connectivity index (χ3n) is 4.90. The average molecular weight is 371 g/mol. The Morgan fingerprint density at radius 2 is 1.54 bits per heavy atom. The monoisotopic (exact) mass is 371 g/mol. The van der Waals surface area contributed by atoms with Gasteiger partial charge in [0, 0.05) is 25.7 Å². The lowest BCUT2D eigenvalue weighted by Gasteiger charge is -2.08. The topological polar surface area (TPSA) is 56.0 Å². The molecule has 1 heterocycles. The molecule has 0 saturated carbocycles. The molecule has 5 nitrogen and oxygen atoms in total. The van der Waals surface area contributed by atoms with Crippen LogP contribution in [0.5, 0.6) is 0 Å². The Balaban J connectivity index is 1.48. The number of rotatable bonds is 5. The molecule has 0 radical (unpaired) electrons. The average Bonchev–Trinajstić information content (AvgIpc) is 2.99. The van der Waals surface area contributed by atoms with Gasteiger partial charge in [0.1, 0.15) is 0 Å². The van der Waals surface area contributed by atoms with Crippen molar-refractivity contribution in [3.8, 4) is 11.1 Å². The predicted molar refractivity (Wildman–Crippen MR) is 111 cm³/mol. The van der Waals surface area contributed by atoms with Gasteiger partial charge >= 0.3 is 5.69 Å². The first-order valence-electron chi connectivity index (χ1n) is 9.23. The number of aromatic nitrogens is 2. The van der Waals surface area contributed by atoms with Crippen molar-refractivity contribution in [2.24, 2.45) is 7.05 Å². The van der Waals surface area contributed by atoms with Gasteiger partial charge in [-0.25, -0.2) is 4.79 Å². The largest absolute Gasteiger partial charge is 0.350 e. The van der Waals surface area contributed by atoms with Crippen LogP contribution in [0, 0.1) is 0 Å². The van der Waals surface area contributed by atoms with Gasteiger partial charge in [0.05, 0.1) is 11.0 Å². The Hall–Kier alpha value is -3.60. The third-order valence-corrected chi connectivity index (χ3v) is 4.90. The van der Waals surface area contributed by atoms with Crippen molar-refractivity contribution in [3.05, 3.63) is 94.9 Å². The van der Waals surface area contributed by atoms with E-state index < -0.39 is 0 Å². The smallest absolute Gasteiger partial charge is 0.328 e. The standard InChI is InChI=1S/C23H21N3O2/c1-25-20-12-5-6-13-21(20)26(23(25)28)15-14-24-22(27)19-11-7-10-18(16-19)17-8-3-2-4-9-17/h2-13,16H,14-15H2,1H3,(H,24,27). The molecule has 4 rings (SSSR count). The SMILES string of the molecule is Cn1c(=O)n(CCNC(=O)c2cccc(-c3ccccc3)c2)c2ccccc21. The molecule has 1 aromatic heterocycles. The summed E-state index contributed by atoms with van der Waals surface area (Å²) in [6.45, 7) is 0.798. The number of aryl methyl sites for hydroxylation is 1. The van der Waals surface area contributed by atoms with E-state index in [0.29, 0.717) is 18.7 Å². The van der Waals surface area contributed by atoms with Crippen molar-refractivity contribution >= 4 is 16.9 Å². The minimum atomic E-state index is -0.147. The zero-order chi connectivity index (χ0) is 19.5. The molecule has 1 N–H and O–H groups in total. The maximum Gasteiger partial charge on any atom is 0.328 e. The van der Waals surface area contributed by atoms with E-state index in [-0.39, 0.29) is 11.6 Å². The molecular weight excluding hydrogens is 350 g/mol.